The Kier molecular flexibility index (Phi) is 1.86. The average molecular weight is 142 g/mol. The van der Waals surface area contributed by atoms with Crippen molar-refractivity contribution in [3.8, 4) is 0 Å². The van der Waals surface area contributed by atoms with Crippen LogP contribution >= 0.6 is 0 Å². The Balaban J connectivity index is 1.96. The molecule has 2 saturated heterocycles. The molecule has 0 radical (unpaired) electrons. The van der Waals surface area contributed by atoms with Crippen molar-refractivity contribution in [3.05, 3.63) is 0 Å². The van der Waals surface area contributed by atoms with E-state index in [1.807, 2.05) is 0 Å². The smallest absolute Gasteiger partial charge is 0.0542 e. The Labute approximate surface area is 61.2 Å². The lowest BCUT2D eigenvalue weighted by molar-refractivity contribution is 0.0844. The highest BCUT2D eigenvalue weighted by atomic mass is 15.5. The summed E-state index contributed by atoms with van der Waals surface area (Å²) in [6, 6.07) is 0. The maximum atomic E-state index is 3.36. The summed E-state index contributed by atoms with van der Waals surface area (Å²) in [5.41, 5.74) is 0. The molecule has 2 atom stereocenters. The van der Waals surface area contributed by atoms with E-state index in [-0.39, 0.29) is 0 Å². The minimum absolute atomic E-state index is 1.03. The van der Waals surface area contributed by atoms with Crippen molar-refractivity contribution in [2.24, 2.45) is 0 Å². The molecule has 2 aliphatic rings. The first-order valence-corrected chi connectivity index (χ1v) is 3.81. The van der Waals surface area contributed by atoms with Gasteiger partial charge < -0.3 is 5.32 Å². The molecule has 2 N–H and O–H groups in total. The van der Waals surface area contributed by atoms with Crippen LogP contribution in [0.4, 0.5) is 0 Å². The van der Waals surface area contributed by atoms with E-state index in [0.29, 0.717) is 0 Å². The molecule has 2 aliphatic heterocycles. The molecule has 0 spiro atoms. The molecule has 2 bridgehead atoms. The van der Waals surface area contributed by atoms with Crippen molar-refractivity contribution in [2.45, 2.75) is 0 Å². The molecule has 0 aromatic heterocycles. The maximum absolute atomic E-state index is 3.36. The minimum atomic E-state index is 1.03. The maximum Gasteiger partial charge on any atom is 0.0542 e. The third-order valence-corrected chi connectivity index (χ3v) is 2.01. The van der Waals surface area contributed by atoms with Crippen molar-refractivity contribution in [2.75, 3.05) is 39.8 Å². The van der Waals surface area contributed by atoms with Crippen molar-refractivity contribution in [1.82, 2.24) is 20.4 Å². The van der Waals surface area contributed by atoms with Gasteiger partial charge in [-0.05, 0) is 0 Å². The fourth-order valence-corrected chi connectivity index (χ4v) is 1.48. The second-order valence-corrected chi connectivity index (χ2v) is 2.93. The lowest BCUT2D eigenvalue weighted by Gasteiger charge is -2.32. The van der Waals surface area contributed by atoms with Crippen LogP contribution in [0, 0.1) is 0 Å². The second-order valence-electron chi connectivity index (χ2n) is 2.93. The average Bonchev–Trinajstić information content (AvgIpc) is 2.12. The molecule has 10 heavy (non-hydrogen) atoms. The van der Waals surface area contributed by atoms with Gasteiger partial charge >= 0.3 is 0 Å². The van der Waals surface area contributed by atoms with Gasteiger partial charge in [0.1, 0.15) is 0 Å². The first kappa shape index (κ1) is 6.54. The van der Waals surface area contributed by atoms with E-state index in [2.05, 4.69) is 20.4 Å². The molecule has 2 rings (SSSR count). The van der Waals surface area contributed by atoms with Gasteiger partial charge in [-0.1, -0.05) is 0 Å². The number of nitrogens with zero attached hydrogens (tertiary/aromatic N) is 2. The molecule has 0 aromatic carbocycles. The highest BCUT2D eigenvalue weighted by Crippen LogP contribution is 1.98. The van der Waals surface area contributed by atoms with Crippen LogP contribution in [0.1, 0.15) is 0 Å². The Morgan fingerprint density at radius 3 is 2.70 bits per heavy atom. The van der Waals surface area contributed by atoms with Crippen molar-refractivity contribution in [1.29, 1.82) is 0 Å². The summed E-state index contributed by atoms with van der Waals surface area (Å²) >= 11 is 0. The Morgan fingerprint density at radius 2 is 1.70 bits per heavy atom. The molecule has 0 aliphatic carbocycles. The van der Waals surface area contributed by atoms with Gasteiger partial charge in [-0.25, -0.2) is 0 Å². The van der Waals surface area contributed by atoms with E-state index >= 15 is 0 Å². The molecule has 0 amide bonds. The Morgan fingerprint density at radius 1 is 0.900 bits per heavy atom. The highest BCUT2D eigenvalue weighted by Gasteiger charge is 2.18. The molecule has 2 heterocycles. The van der Waals surface area contributed by atoms with Gasteiger partial charge in [0.25, 0.3) is 0 Å². The fourth-order valence-electron chi connectivity index (χ4n) is 1.48. The normalized spacial score (nSPS) is 40.8. The summed E-state index contributed by atoms with van der Waals surface area (Å²) in [6.45, 7) is 6.53. The zero-order valence-corrected chi connectivity index (χ0v) is 6.14. The molecule has 0 aromatic rings. The number of rotatable bonds is 0. The number of hydrogen-bond acceptors (Lipinski definition) is 4. The topological polar surface area (TPSA) is 30.5 Å². The molecule has 58 valence electrons. The third kappa shape index (κ3) is 1.29. The zero-order chi connectivity index (χ0) is 6.81. The predicted molar refractivity (Wildman–Crippen MR) is 39.2 cm³/mol. The van der Waals surface area contributed by atoms with Crippen molar-refractivity contribution in [3.63, 3.8) is 0 Å². The quantitative estimate of drug-likeness (QED) is 0.437. The van der Waals surface area contributed by atoms with E-state index in [1.54, 1.807) is 0 Å². The largest absolute Gasteiger partial charge is 0.303 e. The van der Waals surface area contributed by atoms with Crippen LogP contribution in [0.5, 0.6) is 0 Å². The molecular formula is C6H14N4. The molecule has 0 saturated carbocycles. The van der Waals surface area contributed by atoms with Crippen LogP contribution in [0.25, 0.3) is 0 Å². The number of hydrogen-bond donors (Lipinski definition) is 2. The summed E-state index contributed by atoms with van der Waals surface area (Å²) in [4.78, 5) is 4.76. The predicted octanol–water partition coefficient (Wildman–Crippen LogP) is -1.37. The van der Waals surface area contributed by atoms with Gasteiger partial charge in [0.05, 0.1) is 26.7 Å². The molecule has 2 fully saturated rings. The summed E-state index contributed by atoms with van der Waals surface area (Å²) in [6.07, 6.45) is 0. The van der Waals surface area contributed by atoms with E-state index in [4.69, 9.17) is 0 Å². The summed E-state index contributed by atoms with van der Waals surface area (Å²) in [7, 11) is 0. The van der Waals surface area contributed by atoms with Gasteiger partial charge in [0, 0.05) is 13.1 Å². The van der Waals surface area contributed by atoms with Crippen molar-refractivity contribution >= 4 is 0 Å². The van der Waals surface area contributed by atoms with E-state index in [1.165, 1.54) is 6.54 Å². The van der Waals surface area contributed by atoms with Crippen LogP contribution in [-0.2, 0) is 0 Å². The van der Waals surface area contributed by atoms with E-state index in [9.17, 15) is 0 Å². The van der Waals surface area contributed by atoms with Gasteiger partial charge in [0.15, 0.2) is 0 Å². The SMILES string of the molecule is C1CN2CNCN(CN1)C2. The summed E-state index contributed by atoms with van der Waals surface area (Å²) in [5, 5.41) is 6.70. The van der Waals surface area contributed by atoms with Gasteiger partial charge in [-0.2, -0.15) is 0 Å². The van der Waals surface area contributed by atoms with Gasteiger partial charge in [-0.3, -0.25) is 15.1 Å². The third-order valence-electron chi connectivity index (χ3n) is 2.01. The second kappa shape index (κ2) is 2.84. The molecule has 4 nitrogen and oxygen atoms in total. The van der Waals surface area contributed by atoms with Gasteiger partial charge in [0.2, 0.25) is 0 Å². The molecule has 2 unspecified atom stereocenters. The monoisotopic (exact) mass is 142 g/mol. The minimum Gasteiger partial charge on any atom is -0.303 e. The molecular weight excluding hydrogens is 128 g/mol. The first-order valence-electron chi connectivity index (χ1n) is 3.81. The Hall–Kier alpha value is -0.160. The number of fused-ring (bicyclic) bond motifs is 2. The standard InChI is InChI=1S/C6H14N4/c1-2-9-4-8-5-10(6-9)3-7-1/h7-8H,1-6H2. The fraction of sp³-hybridized carbons (Fsp3) is 1.00. The van der Waals surface area contributed by atoms with Crippen LogP contribution in [-0.4, -0.2) is 49.6 Å². The van der Waals surface area contributed by atoms with Crippen LogP contribution in [0.3, 0.4) is 0 Å². The lowest BCUT2D eigenvalue weighted by Crippen LogP contribution is -2.52. The summed E-state index contributed by atoms with van der Waals surface area (Å²) < 4.78 is 0. The van der Waals surface area contributed by atoms with Crippen LogP contribution in [0.15, 0.2) is 0 Å². The van der Waals surface area contributed by atoms with Crippen LogP contribution < -0.4 is 10.6 Å². The lowest BCUT2D eigenvalue weighted by atomic mass is 10.5. The number of nitrogens with one attached hydrogen (secondary N) is 2. The van der Waals surface area contributed by atoms with Crippen molar-refractivity contribution < 1.29 is 0 Å². The highest BCUT2D eigenvalue weighted by molar-refractivity contribution is 4.69. The van der Waals surface area contributed by atoms with Gasteiger partial charge in [-0.15, -0.1) is 0 Å². The zero-order valence-electron chi connectivity index (χ0n) is 6.14. The van der Waals surface area contributed by atoms with E-state index < -0.39 is 0 Å². The Bertz CT molecular complexity index is 104. The molecule has 4 heteroatoms. The van der Waals surface area contributed by atoms with E-state index in [0.717, 1.165) is 33.2 Å². The van der Waals surface area contributed by atoms with Crippen LogP contribution in [0.2, 0.25) is 0 Å². The summed E-state index contributed by atoms with van der Waals surface area (Å²) in [5.74, 6) is 0. The first-order chi connectivity index (χ1) is 4.95.